The summed E-state index contributed by atoms with van der Waals surface area (Å²) in [5, 5.41) is 11.3. The van der Waals surface area contributed by atoms with Gasteiger partial charge in [0.1, 0.15) is 5.75 Å². The number of hydrogen-bond acceptors (Lipinski definition) is 6. The minimum atomic E-state index is -0.313. The molecule has 52 heavy (non-hydrogen) atoms. The van der Waals surface area contributed by atoms with Crippen LogP contribution in [-0.2, 0) is 0 Å². The van der Waals surface area contributed by atoms with E-state index in [0.29, 0.717) is 24.3 Å². The standard InChI is InChI=1S/C45H57N3O3S/c1-2-3-4-5-6-7-8-9-10-11-12-13-14-15-16-17-18-19-20-26-44(49)48-42-37-39(29-27-38(42)28-30-45(48)50)51-35-22-21-32-46-33-34-47-41-24-23-25-43-40(41)31-36-52-43/h6-7,9-10,12-13,15-16,18-19,23-25,27-31,36-37,46-47H,2-5,8,11,14,17,20-22,26,32-35H2,1H3. The first kappa shape index (κ1) is 40.3. The molecule has 0 saturated heterocycles. The first-order valence-electron chi connectivity index (χ1n) is 19.1. The van der Waals surface area contributed by atoms with Crippen LogP contribution in [0, 0.1) is 0 Å². The highest BCUT2D eigenvalue weighted by Gasteiger charge is 2.12. The highest BCUT2D eigenvalue weighted by molar-refractivity contribution is 7.17. The summed E-state index contributed by atoms with van der Waals surface area (Å²) in [5.41, 5.74) is 1.46. The number of aromatic nitrogens is 1. The van der Waals surface area contributed by atoms with E-state index in [0.717, 1.165) is 63.5 Å². The number of nitrogens with zero attached hydrogens (tertiary/aromatic N) is 1. The van der Waals surface area contributed by atoms with Gasteiger partial charge < -0.3 is 15.4 Å². The summed E-state index contributed by atoms with van der Waals surface area (Å²) in [4.78, 5) is 25.9. The van der Waals surface area contributed by atoms with Crippen LogP contribution in [0.2, 0.25) is 0 Å². The van der Waals surface area contributed by atoms with Crippen LogP contribution in [-0.4, -0.2) is 36.7 Å². The number of rotatable bonds is 25. The summed E-state index contributed by atoms with van der Waals surface area (Å²) in [6, 6.07) is 17.4. The molecule has 2 heterocycles. The van der Waals surface area contributed by atoms with Crippen molar-refractivity contribution in [2.75, 3.05) is 31.6 Å². The molecule has 0 atom stereocenters. The van der Waals surface area contributed by atoms with Gasteiger partial charge in [-0.25, -0.2) is 4.57 Å². The number of thiophene rings is 1. The van der Waals surface area contributed by atoms with Gasteiger partial charge in [-0.1, -0.05) is 86.6 Å². The number of carbonyl (C=O) groups excluding carboxylic acids is 1. The van der Waals surface area contributed by atoms with Gasteiger partial charge >= 0.3 is 0 Å². The molecule has 4 aromatic rings. The second-order valence-electron chi connectivity index (χ2n) is 12.8. The second kappa shape index (κ2) is 24.7. The Balaban J connectivity index is 1.08. The van der Waals surface area contributed by atoms with Gasteiger partial charge in [0.25, 0.3) is 5.56 Å². The van der Waals surface area contributed by atoms with Gasteiger partial charge in [-0.05, 0) is 111 Å². The fraction of sp³-hybridized carbons (Fsp3) is 0.378. The Labute approximate surface area is 314 Å². The third-order valence-electron chi connectivity index (χ3n) is 8.67. The Morgan fingerprint density at radius 3 is 2.21 bits per heavy atom. The predicted molar refractivity (Wildman–Crippen MR) is 224 cm³/mol. The maximum absolute atomic E-state index is 13.2. The van der Waals surface area contributed by atoms with Crippen molar-refractivity contribution >= 4 is 43.9 Å². The van der Waals surface area contributed by atoms with E-state index in [9.17, 15) is 9.59 Å². The quantitative estimate of drug-likeness (QED) is 0.0527. The van der Waals surface area contributed by atoms with Gasteiger partial charge in [-0.3, -0.25) is 9.59 Å². The highest BCUT2D eigenvalue weighted by Crippen LogP contribution is 2.27. The van der Waals surface area contributed by atoms with Crippen molar-refractivity contribution in [1.29, 1.82) is 0 Å². The van der Waals surface area contributed by atoms with E-state index in [1.54, 1.807) is 17.4 Å². The number of unbranched alkanes of at least 4 members (excludes halogenated alkanes) is 4. The number of benzene rings is 2. The monoisotopic (exact) mass is 719 g/mol. The lowest BCUT2D eigenvalue weighted by Gasteiger charge is -2.11. The Morgan fingerprint density at radius 1 is 0.750 bits per heavy atom. The molecule has 4 rings (SSSR count). The Morgan fingerprint density at radius 2 is 1.46 bits per heavy atom. The molecule has 2 aromatic heterocycles. The average molecular weight is 720 g/mol. The van der Waals surface area contributed by atoms with Crippen molar-refractivity contribution in [2.45, 2.75) is 84.0 Å². The topological polar surface area (TPSA) is 72.4 Å². The summed E-state index contributed by atoms with van der Waals surface area (Å²) < 4.78 is 8.61. The molecule has 0 unspecified atom stereocenters. The van der Waals surface area contributed by atoms with Crippen LogP contribution in [0.3, 0.4) is 0 Å². The molecule has 0 fully saturated rings. The molecule has 0 spiro atoms. The lowest BCUT2D eigenvalue weighted by molar-refractivity contribution is 0.0905. The number of anilines is 1. The van der Waals surface area contributed by atoms with Crippen LogP contribution in [0.4, 0.5) is 5.69 Å². The number of pyridine rings is 1. The van der Waals surface area contributed by atoms with Crippen molar-refractivity contribution in [3.63, 3.8) is 0 Å². The SMILES string of the molecule is CCCCCC=CCC=CCC=CCC=CCC=CCCC(=O)n1c(=O)ccc2ccc(OCCCCNCCNc3cccc4sccc34)cc21. The van der Waals surface area contributed by atoms with E-state index in [-0.39, 0.29) is 17.9 Å². The third kappa shape index (κ3) is 14.6. The Hall–Kier alpha value is -4.46. The molecular weight excluding hydrogens is 663 g/mol. The largest absolute Gasteiger partial charge is 0.494 e. The van der Waals surface area contributed by atoms with E-state index < -0.39 is 0 Å². The van der Waals surface area contributed by atoms with Gasteiger partial charge in [-0.2, -0.15) is 0 Å². The van der Waals surface area contributed by atoms with Crippen LogP contribution in [0.15, 0.2) is 126 Å². The molecule has 2 N–H and O–H groups in total. The van der Waals surface area contributed by atoms with Gasteiger partial charge in [0.05, 0.1) is 12.1 Å². The number of ether oxygens (including phenoxy) is 1. The molecule has 2 aromatic carbocycles. The van der Waals surface area contributed by atoms with E-state index in [1.807, 2.05) is 24.3 Å². The maximum atomic E-state index is 13.2. The highest BCUT2D eigenvalue weighted by atomic mass is 32.1. The van der Waals surface area contributed by atoms with Crippen molar-refractivity contribution in [2.24, 2.45) is 0 Å². The van der Waals surface area contributed by atoms with Crippen molar-refractivity contribution in [3.05, 3.63) is 131 Å². The van der Waals surface area contributed by atoms with Gasteiger partial charge in [-0.15, -0.1) is 11.3 Å². The molecular formula is C45H57N3O3S. The third-order valence-corrected chi connectivity index (χ3v) is 9.55. The van der Waals surface area contributed by atoms with E-state index in [1.165, 1.54) is 52.1 Å². The summed E-state index contributed by atoms with van der Waals surface area (Å²) in [5.74, 6) is 0.459. The number of carbonyl (C=O) groups is 1. The van der Waals surface area contributed by atoms with Crippen LogP contribution in [0.1, 0.15) is 88.8 Å². The Kier molecular flexibility index (Phi) is 19.1. The number of fused-ring (bicyclic) bond motifs is 2. The van der Waals surface area contributed by atoms with E-state index in [4.69, 9.17) is 4.74 Å². The molecule has 0 saturated carbocycles. The summed E-state index contributed by atoms with van der Waals surface area (Å²) in [6.07, 6.45) is 33.3. The predicted octanol–water partition coefficient (Wildman–Crippen LogP) is 11.4. The molecule has 6 nitrogen and oxygen atoms in total. The molecule has 0 aliphatic carbocycles. The fourth-order valence-corrected chi connectivity index (χ4v) is 6.62. The van der Waals surface area contributed by atoms with Crippen LogP contribution in [0.25, 0.3) is 21.0 Å². The Bertz CT molecular complexity index is 1850. The fourth-order valence-electron chi connectivity index (χ4n) is 5.81. The van der Waals surface area contributed by atoms with Gasteiger partial charge in [0.15, 0.2) is 0 Å². The first-order valence-corrected chi connectivity index (χ1v) is 20.0. The molecule has 0 radical (unpaired) electrons. The number of allylic oxidation sites excluding steroid dienone is 10. The van der Waals surface area contributed by atoms with Crippen LogP contribution >= 0.6 is 11.3 Å². The van der Waals surface area contributed by atoms with Crippen molar-refractivity contribution < 1.29 is 9.53 Å². The van der Waals surface area contributed by atoms with E-state index in [2.05, 4.69) is 102 Å². The molecule has 0 aliphatic rings. The number of hydrogen-bond donors (Lipinski definition) is 2. The zero-order valence-electron chi connectivity index (χ0n) is 30.9. The van der Waals surface area contributed by atoms with Gasteiger partial charge in [0, 0.05) is 47.4 Å². The zero-order valence-corrected chi connectivity index (χ0v) is 31.8. The van der Waals surface area contributed by atoms with E-state index >= 15 is 0 Å². The summed E-state index contributed by atoms with van der Waals surface area (Å²) in [6.45, 7) is 5.48. The lowest BCUT2D eigenvalue weighted by Crippen LogP contribution is -2.26. The summed E-state index contributed by atoms with van der Waals surface area (Å²) in [7, 11) is 0. The van der Waals surface area contributed by atoms with Crippen LogP contribution in [0.5, 0.6) is 5.75 Å². The smallest absolute Gasteiger partial charge is 0.257 e. The maximum Gasteiger partial charge on any atom is 0.257 e. The molecule has 276 valence electrons. The second-order valence-corrected chi connectivity index (χ2v) is 13.8. The normalized spacial score (nSPS) is 12.2. The first-order chi connectivity index (χ1) is 25.7. The van der Waals surface area contributed by atoms with Crippen molar-refractivity contribution in [3.8, 4) is 5.75 Å². The molecule has 0 bridgehead atoms. The van der Waals surface area contributed by atoms with Crippen LogP contribution < -0.4 is 20.9 Å². The summed E-state index contributed by atoms with van der Waals surface area (Å²) >= 11 is 1.76. The molecule has 0 amide bonds. The zero-order chi connectivity index (χ0) is 36.5. The van der Waals surface area contributed by atoms with Gasteiger partial charge in [0.2, 0.25) is 5.91 Å². The average Bonchev–Trinajstić information content (AvgIpc) is 3.65. The number of nitrogens with one attached hydrogen (secondary N) is 2. The minimum absolute atomic E-state index is 0.206. The van der Waals surface area contributed by atoms with Crippen molar-refractivity contribution in [1.82, 2.24) is 9.88 Å². The minimum Gasteiger partial charge on any atom is -0.494 e. The lowest BCUT2D eigenvalue weighted by atomic mass is 10.2. The molecule has 7 heteroatoms. The molecule has 0 aliphatic heterocycles.